The molecule has 0 atom stereocenters. The summed E-state index contributed by atoms with van der Waals surface area (Å²) in [6, 6.07) is 9.37. The highest BCUT2D eigenvalue weighted by Crippen LogP contribution is 2.32. The van der Waals surface area contributed by atoms with E-state index in [0.717, 1.165) is 5.39 Å². The van der Waals surface area contributed by atoms with E-state index in [9.17, 15) is 4.39 Å². The molecule has 0 saturated carbocycles. The SMILES string of the molecule is CNc1nc(-c2ccc(F)cc2)nc2c(Cl)cc(Cl)cc12. The molecular formula is C15H10Cl2FN3. The van der Waals surface area contributed by atoms with Crippen molar-refractivity contribution in [1.29, 1.82) is 0 Å². The maximum atomic E-state index is 13.0. The van der Waals surface area contributed by atoms with Crippen LogP contribution in [0.15, 0.2) is 36.4 Å². The van der Waals surface area contributed by atoms with Crippen molar-refractivity contribution in [3.63, 3.8) is 0 Å². The predicted molar refractivity (Wildman–Crippen MR) is 84.5 cm³/mol. The molecule has 6 heteroatoms. The van der Waals surface area contributed by atoms with Gasteiger partial charge in [0.15, 0.2) is 5.82 Å². The zero-order chi connectivity index (χ0) is 15.0. The van der Waals surface area contributed by atoms with Crippen molar-refractivity contribution in [2.45, 2.75) is 0 Å². The van der Waals surface area contributed by atoms with Crippen LogP contribution in [-0.4, -0.2) is 17.0 Å². The summed E-state index contributed by atoms with van der Waals surface area (Å²) in [5, 5.41) is 4.70. The van der Waals surface area contributed by atoms with Crippen LogP contribution in [0.25, 0.3) is 22.3 Å². The molecule has 3 rings (SSSR count). The van der Waals surface area contributed by atoms with Gasteiger partial charge in [0.05, 0.1) is 10.5 Å². The third-order valence-electron chi connectivity index (χ3n) is 3.06. The number of hydrogen-bond donors (Lipinski definition) is 1. The second kappa shape index (κ2) is 5.47. The Bertz CT molecular complexity index is 819. The third kappa shape index (κ3) is 2.64. The Kier molecular flexibility index (Phi) is 3.66. The minimum atomic E-state index is -0.307. The van der Waals surface area contributed by atoms with Crippen molar-refractivity contribution >= 4 is 39.9 Å². The molecule has 2 aromatic carbocycles. The standard InChI is InChI=1S/C15H10Cl2FN3/c1-19-15-11-6-9(16)7-12(17)13(11)20-14(21-15)8-2-4-10(18)5-3-8/h2-7H,1H3,(H,19,20,21). The topological polar surface area (TPSA) is 37.8 Å². The van der Waals surface area contributed by atoms with Crippen LogP contribution in [0, 0.1) is 5.82 Å². The fourth-order valence-electron chi connectivity index (χ4n) is 2.08. The Morgan fingerprint density at radius 3 is 2.43 bits per heavy atom. The average Bonchev–Trinajstić information content (AvgIpc) is 2.47. The van der Waals surface area contributed by atoms with E-state index in [4.69, 9.17) is 23.2 Å². The molecule has 0 aliphatic carbocycles. The van der Waals surface area contributed by atoms with Crippen LogP contribution >= 0.6 is 23.2 Å². The lowest BCUT2D eigenvalue weighted by Gasteiger charge is -2.10. The summed E-state index contributed by atoms with van der Waals surface area (Å²) < 4.78 is 13.0. The van der Waals surface area contributed by atoms with E-state index < -0.39 is 0 Å². The second-order valence-electron chi connectivity index (χ2n) is 4.44. The summed E-state index contributed by atoms with van der Waals surface area (Å²) in [5.74, 6) is 0.776. The largest absolute Gasteiger partial charge is 0.373 e. The van der Waals surface area contributed by atoms with Crippen LogP contribution in [0.4, 0.5) is 10.2 Å². The van der Waals surface area contributed by atoms with Crippen molar-refractivity contribution in [2.75, 3.05) is 12.4 Å². The molecule has 0 saturated heterocycles. The molecule has 0 radical (unpaired) electrons. The number of anilines is 1. The van der Waals surface area contributed by atoms with Gasteiger partial charge in [-0.15, -0.1) is 0 Å². The molecule has 1 heterocycles. The number of nitrogens with zero attached hydrogens (tertiary/aromatic N) is 2. The second-order valence-corrected chi connectivity index (χ2v) is 5.28. The van der Waals surface area contributed by atoms with Gasteiger partial charge in [0.25, 0.3) is 0 Å². The van der Waals surface area contributed by atoms with Gasteiger partial charge in [-0.05, 0) is 36.4 Å². The van der Waals surface area contributed by atoms with Crippen molar-refractivity contribution in [3.05, 3.63) is 52.3 Å². The minimum absolute atomic E-state index is 0.307. The minimum Gasteiger partial charge on any atom is -0.373 e. The zero-order valence-corrected chi connectivity index (χ0v) is 12.5. The van der Waals surface area contributed by atoms with Gasteiger partial charge >= 0.3 is 0 Å². The highest BCUT2D eigenvalue weighted by molar-refractivity contribution is 6.38. The number of aromatic nitrogens is 2. The molecule has 0 aliphatic heterocycles. The number of rotatable bonds is 2. The van der Waals surface area contributed by atoms with Crippen molar-refractivity contribution in [3.8, 4) is 11.4 Å². The number of halogens is 3. The molecule has 0 bridgehead atoms. The quantitative estimate of drug-likeness (QED) is 0.737. The van der Waals surface area contributed by atoms with Gasteiger partial charge in [0, 0.05) is 23.0 Å². The van der Waals surface area contributed by atoms with Crippen LogP contribution in [0.1, 0.15) is 0 Å². The normalized spacial score (nSPS) is 10.9. The van der Waals surface area contributed by atoms with E-state index in [0.29, 0.717) is 32.8 Å². The average molecular weight is 322 g/mol. The van der Waals surface area contributed by atoms with E-state index in [1.807, 2.05) is 0 Å². The summed E-state index contributed by atoms with van der Waals surface area (Å²) in [6.07, 6.45) is 0. The molecule has 21 heavy (non-hydrogen) atoms. The molecule has 0 aliphatic rings. The Labute approximate surface area is 130 Å². The summed E-state index contributed by atoms with van der Waals surface area (Å²) in [5.41, 5.74) is 1.31. The lowest BCUT2D eigenvalue weighted by atomic mass is 10.2. The van der Waals surface area contributed by atoms with E-state index in [-0.39, 0.29) is 5.82 Å². The van der Waals surface area contributed by atoms with Crippen molar-refractivity contribution < 1.29 is 4.39 Å². The van der Waals surface area contributed by atoms with E-state index in [1.54, 1.807) is 31.3 Å². The molecule has 0 fully saturated rings. The van der Waals surface area contributed by atoms with Gasteiger partial charge in [-0.3, -0.25) is 0 Å². The van der Waals surface area contributed by atoms with Crippen LogP contribution in [0.3, 0.4) is 0 Å². The molecule has 3 nitrogen and oxygen atoms in total. The highest BCUT2D eigenvalue weighted by Gasteiger charge is 2.12. The summed E-state index contributed by atoms with van der Waals surface area (Å²) in [4.78, 5) is 8.90. The van der Waals surface area contributed by atoms with Crippen molar-refractivity contribution in [1.82, 2.24) is 9.97 Å². The van der Waals surface area contributed by atoms with Crippen LogP contribution < -0.4 is 5.32 Å². The molecule has 1 aromatic heterocycles. The maximum Gasteiger partial charge on any atom is 0.162 e. The molecular weight excluding hydrogens is 312 g/mol. The first-order valence-electron chi connectivity index (χ1n) is 6.19. The van der Waals surface area contributed by atoms with Crippen LogP contribution in [-0.2, 0) is 0 Å². The number of fused-ring (bicyclic) bond motifs is 1. The molecule has 3 aromatic rings. The van der Waals surface area contributed by atoms with Gasteiger partial charge in [-0.25, -0.2) is 14.4 Å². The van der Waals surface area contributed by atoms with Gasteiger partial charge < -0.3 is 5.32 Å². The van der Waals surface area contributed by atoms with Crippen LogP contribution in [0.5, 0.6) is 0 Å². The Morgan fingerprint density at radius 1 is 1.05 bits per heavy atom. The lowest BCUT2D eigenvalue weighted by molar-refractivity contribution is 0.628. The monoisotopic (exact) mass is 321 g/mol. The Morgan fingerprint density at radius 2 is 1.76 bits per heavy atom. The fourth-order valence-corrected chi connectivity index (χ4v) is 2.61. The zero-order valence-electron chi connectivity index (χ0n) is 11.0. The lowest BCUT2D eigenvalue weighted by Crippen LogP contribution is -1.99. The summed E-state index contributed by atoms with van der Waals surface area (Å²) in [6.45, 7) is 0. The van der Waals surface area contributed by atoms with Crippen molar-refractivity contribution in [2.24, 2.45) is 0 Å². The highest BCUT2D eigenvalue weighted by atomic mass is 35.5. The molecule has 0 amide bonds. The van der Waals surface area contributed by atoms with Gasteiger partial charge in [0.2, 0.25) is 0 Å². The maximum absolute atomic E-state index is 13.0. The van der Waals surface area contributed by atoms with E-state index in [2.05, 4.69) is 15.3 Å². The first-order valence-corrected chi connectivity index (χ1v) is 6.94. The smallest absolute Gasteiger partial charge is 0.162 e. The number of hydrogen-bond acceptors (Lipinski definition) is 3. The first kappa shape index (κ1) is 14.0. The predicted octanol–water partition coefficient (Wildman–Crippen LogP) is 4.78. The third-order valence-corrected chi connectivity index (χ3v) is 3.56. The molecule has 0 spiro atoms. The Balaban J connectivity index is 2.28. The van der Waals surface area contributed by atoms with Crippen LogP contribution in [0.2, 0.25) is 10.0 Å². The Hall–Kier alpha value is -1.91. The number of nitrogens with one attached hydrogen (secondary N) is 1. The molecule has 1 N–H and O–H groups in total. The fraction of sp³-hybridized carbons (Fsp3) is 0.0667. The summed E-state index contributed by atoms with van der Waals surface area (Å²) in [7, 11) is 1.75. The summed E-state index contributed by atoms with van der Waals surface area (Å²) >= 11 is 12.2. The first-order chi connectivity index (χ1) is 10.1. The van der Waals surface area contributed by atoms with E-state index >= 15 is 0 Å². The van der Waals surface area contributed by atoms with Gasteiger partial charge in [0.1, 0.15) is 11.6 Å². The number of benzene rings is 2. The molecule has 0 unspecified atom stereocenters. The van der Waals surface area contributed by atoms with E-state index in [1.165, 1.54) is 12.1 Å². The van der Waals surface area contributed by atoms with Gasteiger partial charge in [-0.1, -0.05) is 23.2 Å². The van der Waals surface area contributed by atoms with Gasteiger partial charge in [-0.2, -0.15) is 0 Å². The molecule has 106 valence electrons.